The Morgan fingerprint density at radius 3 is 2.49 bits per heavy atom. The van der Waals surface area contributed by atoms with Gasteiger partial charge in [-0.15, -0.1) is 0 Å². The molecule has 1 fully saturated rings. The molecule has 2 aromatic heterocycles. The normalized spacial score (nSPS) is 17.6. The van der Waals surface area contributed by atoms with Crippen molar-refractivity contribution in [2.75, 3.05) is 16.8 Å². The van der Waals surface area contributed by atoms with Gasteiger partial charge in [-0.1, -0.05) is 18.7 Å². The predicted molar refractivity (Wildman–Crippen MR) is 134 cm³/mol. The number of primary amides is 1. The minimum Gasteiger partial charge on any atom is -0.399 e. The lowest BCUT2D eigenvalue weighted by molar-refractivity contribution is 0.0923. The van der Waals surface area contributed by atoms with Crippen molar-refractivity contribution in [3.63, 3.8) is 0 Å². The van der Waals surface area contributed by atoms with Crippen molar-refractivity contribution in [1.82, 2.24) is 25.1 Å². The summed E-state index contributed by atoms with van der Waals surface area (Å²) in [6.07, 6.45) is 6.59. The molecule has 1 saturated heterocycles. The van der Waals surface area contributed by atoms with E-state index in [2.05, 4.69) is 37.2 Å². The summed E-state index contributed by atoms with van der Waals surface area (Å²) in [7, 11) is 1.79. The van der Waals surface area contributed by atoms with Crippen molar-refractivity contribution in [3.05, 3.63) is 66.3 Å². The molecule has 1 aliphatic rings. The monoisotopic (exact) mass is 475 g/mol. The molecule has 1 aromatic carbocycles. The van der Waals surface area contributed by atoms with Crippen LogP contribution in [0.1, 0.15) is 46.2 Å². The molecule has 0 unspecified atom stereocenters. The van der Waals surface area contributed by atoms with Crippen LogP contribution in [0.4, 0.5) is 17.3 Å². The average Bonchev–Trinajstić information content (AvgIpc) is 3.24. The predicted octanol–water partition coefficient (Wildman–Crippen LogP) is 1.77. The molecule has 0 saturated carbocycles. The number of nitrogens with two attached hydrogens (primary N) is 2. The number of anilines is 3. The maximum atomic E-state index is 12.9. The Bertz CT molecular complexity index is 1250. The molecule has 11 nitrogen and oxygen atoms in total. The number of aromatic nitrogens is 4. The van der Waals surface area contributed by atoms with Crippen LogP contribution >= 0.6 is 0 Å². The number of benzene rings is 1. The van der Waals surface area contributed by atoms with Crippen molar-refractivity contribution in [3.8, 4) is 0 Å². The number of aryl methyl sites for hydroxylation is 1. The van der Waals surface area contributed by atoms with Gasteiger partial charge < -0.3 is 27.0 Å². The van der Waals surface area contributed by atoms with Gasteiger partial charge in [0, 0.05) is 43.1 Å². The number of piperidine rings is 1. The molecule has 1 aliphatic heterocycles. The SMILES string of the molecule is C=C(N)c1ccc(C(=O)N[C@@H]2CCCN(c3cnc(C(N)=O)c(Nc4cnn(C)c4)n3)[C@@H]2C)cc1. The molecule has 4 rings (SSSR count). The van der Waals surface area contributed by atoms with Crippen molar-refractivity contribution in [2.45, 2.75) is 31.8 Å². The van der Waals surface area contributed by atoms with E-state index < -0.39 is 5.91 Å². The highest BCUT2D eigenvalue weighted by atomic mass is 16.2. The summed E-state index contributed by atoms with van der Waals surface area (Å²) in [6.45, 7) is 6.48. The summed E-state index contributed by atoms with van der Waals surface area (Å²) >= 11 is 0. The molecular weight excluding hydrogens is 446 g/mol. The van der Waals surface area contributed by atoms with Gasteiger partial charge in [-0.25, -0.2) is 9.97 Å². The highest BCUT2D eigenvalue weighted by molar-refractivity contribution is 5.96. The number of nitrogens with one attached hydrogen (secondary N) is 2. The van der Waals surface area contributed by atoms with Crippen LogP contribution in [0, 0.1) is 0 Å². The number of hydrogen-bond donors (Lipinski definition) is 4. The Morgan fingerprint density at radius 1 is 1.14 bits per heavy atom. The molecule has 182 valence electrons. The van der Waals surface area contributed by atoms with Crippen LogP contribution in [-0.4, -0.2) is 50.2 Å². The summed E-state index contributed by atoms with van der Waals surface area (Å²) in [5.74, 6) is -0.00919. The van der Waals surface area contributed by atoms with Gasteiger partial charge in [-0.05, 0) is 37.5 Å². The van der Waals surface area contributed by atoms with E-state index in [0.29, 0.717) is 22.8 Å². The van der Waals surface area contributed by atoms with Crippen LogP contribution in [-0.2, 0) is 7.05 Å². The van der Waals surface area contributed by atoms with E-state index in [1.807, 2.05) is 6.92 Å². The maximum absolute atomic E-state index is 12.9. The summed E-state index contributed by atoms with van der Waals surface area (Å²) in [6, 6.07) is 6.86. The Labute approximate surface area is 203 Å². The van der Waals surface area contributed by atoms with E-state index in [4.69, 9.17) is 11.5 Å². The van der Waals surface area contributed by atoms with Crippen LogP contribution in [0.25, 0.3) is 5.70 Å². The summed E-state index contributed by atoms with van der Waals surface area (Å²) in [4.78, 5) is 35.8. The first kappa shape index (κ1) is 23.7. The highest BCUT2D eigenvalue weighted by Gasteiger charge is 2.31. The van der Waals surface area contributed by atoms with E-state index in [9.17, 15) is 9.59 Å². The second-order valence-corrected chi connectivity index (χ2v) is 8.58. The van der Waals surface area contributed by atoms with Crippen LogP contribution in [0.5, 0.6) is 0 Å². The van der Waals surface area contributed by atoms with Crippen molar-refractivity contribution < 1.29 is 9.59 Å². The van der Waals surface area contributed by atoms with Crippen LogP contribution < -0.4 is 27.0 Å². The zero-order valence-electron chi connectivity index (χ0n) is 19.7. The third-order valence-electron chi connectivity index (χ3n) is 6.08. The second-order valence-electron chi connectivity index (χ2n) is 8.58. The average molecular weight is 476 g/mol. The quantitative estimate of drug-likeness (QED) is 0.403. The van der Waals surface area contributed by atoms with Gasteiger partial charge in [0.05, 0.1) is 18.1 Å². The molecule has 0 aliphatic carbocycles. The smallest absolute Gasteiger partial charge is 0.271 e. The van der Waals surface area contributed by atoms with Gasteiger partial charge in [0.2, 0.25) is 0 Å². The van der Waals surface area contributed by atoms with Gasteiger partial charge in [0.1, 0.15) is 5.82 Å². The van der Waals surface area contributed by atoms with Gasteiger partial charge in [0.15, 0.2) is 11.5 Å². The Balaban J connectivity index is 1.52. The molecule has 35 heavy (non-hydrogen) atoms. The topological polar surface area (TPSA) is 157 Å². The number of amides is 2. The molecular formula is C24H29N9O2. The van der Waals surface area contributed by atoms with Crippen molar-refractivity contribution in [1.29, 1.82) is 0 Å². The fourth-order valence-electron chi connectivity index (χ4n) is 4.16. The maximum Gasteiger partial charge on any atom is 0.271 e. The Morgan fingerprint density at radius 2 is 1.86 bits per heavy atom. The van der Waals surface area contributed by atoms with Crippen LogP contribution in [0.2, 0.25) is 0 Å². The molecule has 2 atom stereocenters. The first-order chi connectivity index (χ1) is 16.7. The third-order valence-corrected chi connectivity index (χ3v) is 6.08. The van der Waals surface area contributed by atoms with E-state index in [0.717, 1.165) is 24.9 Å². The van der Waals surface area contributed by atoms with Crippen LogP contribution in [0.15, 0.2) is 49.4 Å². The lowest BCUT2D eigenvalue weighted by Crippen LogP contribution is -2.54. The molecule has 0 spiro atoms. The van der Waals surface area contributed by atoms with E-state index in [1.165, 1.54) is 6.20 Å². The molecule has 2 amide bonds. The molecule has 6 N–H and O–H groups in total. The first-order valence-corrected chi connectivity index (χ1v) is 11.3. The van der Waals surface area contributed by atoms with E-state index in [1.54, 1.807) is 48.4 Å². The van der Waals surface area contributed by atoms with Crippen molar-refractivity contribution in [2.24, 2.45) is 18.5 Å². The lowest BCUT2D eigenvalue weighted by Gasteiger charge is -2.40. The number of rotatable bonds is 7. The molecule has 0 radical (unpaired) electrons. The number of carbonyl (C=O) groups is 2. The molecule has 0 bridgehead atoms. The first-order valence-electron chi connectivity index (χ1n) is 11.3. The fraction of sp³-hybridized carbons (Fsp3) is 0.292. The minimum atomic E-state index is -0.684. The number of carbonyl (C=O) groups excluding carboxylic acids is 2. The van der Waals surface area contributed by atoms with Crippen molar-refractivity contribution >= 4 is 34.8 Å². The molecule has 3 aromatic rings. The third kappa shape index (κ3) is 5.24. The zero-order chi connectivity index (χ0) is 25.1. The highest BCUT2D eigenvalue weighted by Crippen LogP contribution is 2.26. The van der Waals surface area contributed by atoms with E-state index in [-0.39, 0.29) is 29.5 Å². The molecule has 11 heteroatoms. The Hall–Kier alpha value is -4.41. The molecule has 3 heterocycles. The van der Waals surface area contributed by atoms with Gasteiger partial charge in [-0.3, -0.25) is 14.3 Å². The van der Waals surface area contributed by atoms with Crippen LogP contribution in [0.3, 0.4) is 0 Å². The lowest BCUT2D eigenvalue weighted by atomic mass is 9.97. The summed E-state index contributed by atoms with van der Waals surface area (Å²) < 4.78 is 1.63. The number of hydrogen-bond acceptors (Lipinski definition) is 8. The zero-order valence-corrected chi connectivity index (χ0v) is 19.7. The number of nitrogens with zero attached hydrogens (tertiary/aromatic N) is 5. The van der Waals surface area contributed by atoms with Gasteiger partial charge in [-0.2, -0.15) is 5.10 Å². The largest absolute Gasteiger partial charge is 0.399 e. The summed E-state index contributed by atoms with van der Waals surface area (Å²) in [5, 5.41) is 10.3. The fourth-order valence-corrected chi connectivity index (χ4v) is 4.16. The van der Waals surface area contributed by atoms with Gasteiger partial charge >= 0.3 is 0 Å². The Kier molecular flexibility index (Phi) is 6.67. The second kappa shape index (κ2) is 9.84. The van der Waals surface area contributed by atoms with E-state index >= 15 is 0 Å². The minimum absolute atomic E-state index is 0.0377. The van der Waals surface area contributed by atoms with Gasteiger partial charge in [0.25, 0.3) is 11.8 Å². The standard InChI is InChI=1S/C24H29N9O2/c1-14(25)16-6-8-17(9-7-16)24(35)30-19-5-4-10-33(15(19)2)20-12-27-21(22(26)34)23(31-20)29-18-11-28-32(3)13-18/h6-9,11-13,15,19H,1,4-5,10,25H2,2-3H3,(H2,26,34)(H,29,31)(H,30,35)/t15-,19-/m1/s1. The summed E-state index contributed by atoms with van der Waals surface area (Å²) in [5.41, 5.74) is 13.7.